The topological polar surface area (TPSA) is 92.2 Å². The molecule has 2 aliphatic heterocycles. The average Bonchev–Trinajstić information content (AvgIpc) is 2.88. The normalized spacial score (nSPS) is 17.3. The van der Waals surface area contributed by atoms with Crippen molar-refractivity contribution in [1.29, 1.82) is 0 Å². The number of likely N-dealkylation sites (tertiary alicyclic amines) is 1. The summed E-state index contributed by atoms with van der Waals surface area (Å²) in [5, 5.41) is 9.45. The van der Waals surface area contributed by atoms with E-state index in [-0.39, 0.29) is 31.9 Å². The van der Waals surface area contributed by atoms with Gasteiger partial charge in [-0.25, -0.2) is 18.6 Å². The van der Waals surface area contributed by atoms with Gasteiger partial charge in [-0.05, 0) is 74.9 Å². The third-order valence-electron chi connectivity index (χ3n) is 7.34. The van der Waals surface area contributed by atoms with Gasteiger partial charge in [-0.3, -0.25) is 14.6 Å². The third kappa shape index (κ3) is 6.23. The van der Waals surface area contributed by atoms with Crippen LogP contribution in [0.4, 0.5) is 19.4 Å². The lowest BCUT2D eigenvalue weighted by Gasteiger charge is -2.48. The molecule has 206 valence electrons. The molecule has 0 saturated carbocycles. The summed E-state index contributed by atoms with van der Waals surface area (Å²) in [4.78, 5) is 31.7. The van der Waals surface area contributed by atoms with Crippen molar-refractivity contribution in [3.8, 4) is 5.75 Å². The van der Waals surface area contributed by atoms with Crippen molar-refractivity contribution >= 4 is 17.9 Å². The molecular formula is C28H35F2N3O5. The van der Waals surface area contributed by atoms with E-state index in [0.29, 0.717) is 30.9 Å². The first-order chi connectivity index (χ1) is 18.2. The fourth-order valence-corrected chi connectivity index (χ4v) is 5.41. The fraction of sp³-hybridized carbons (Fsp3) is 0.536. The summed E-state index contributed by atoms with van der Waals surface area (Å²) in [5.41, 5.74) is 0.536. The van der Waals surface area contributed by atoms with Crippen molar-refractivity contribution in [1.82, 2.24) is 9.88 Å². The molecule has 1 aromatic carbocycles. The molecule has 1 saturated heterocycles. The Bertz CT molecular complexity index is 1160. The zero-order chi connectivity index (χ0) is 27.3. The molecule has 1 N–H and O–H groups in total. The number of nitrogens with zero attached hydrogens (tertiary/aromatic N) is 3. The summed E-state index contributed by atoms with van der Waals surface area (Å²) in [7, 11) is 1.36. The maximum absolute atomic E-state index is 16.0. The van der Waals surface area contributed by atoms with E-state index in [4.69, 9.17) is 9.47 Å². The number of hydrogen-bond donors (Lipinski definition) is 1. The Morgan fingerprint density at radius 2 is 2.00 bits per heavy atom. The Labute approximate surface area is 221 Å². The molecule has 2 aliphatic rings. The van der Waals surface area contributed by atoms with Crippen molar-refractivity contribution in [3.63, 3.8) is 0 Å². The summed E-state index contributed by atoms with van der Waals surface area (Å²) >= 11 is 0. The minimum atomic E-state index is -1.67. The minimum Gasteiger partial charge on any atom is -0.494 e. The number of ether oxygens (including phenoxy) is 2. The number of amides is 1. The van der Waals surface area contributed by atoms with E-state index in [1.165, 1.54) is 24.1 Å². The number of aryl methyl sites for hydroxylation is 2. The number of alkyl halides is 1. The molecule has 0 spiro atoms. The first-order valence-electron chi connectivity index (χ1n) is 13.1. The van der Waals surface area contributed by atoms with Crippen molar-refractivity contribution in [2.24, 2.45) is 0 Å². The van der Waals surface area contributed by atoms with Gasteiger partial charge in [0.05, 0.1) is 20.1 Å². The van der Waals surface area contributed by atoms with E-state index in [2.05, 4.69) is 4.98 Å². The zero-order valence-electron chi connectivity index (χ0n) is 21.9. The van der Waals surface area contributed by atoms with Crippen LogP contribution in [0.25, 0.3) is 0 Å². The molecule has 1 unspecified atom stereocenters. The second-order valence-electron chi connectivity index (χ2n) is 9.98. The van der Waals surface area contributed by atoms with Crippen LogP contribution < -0.4 is 9.64 Å². The van der Waals surface area contributed by atoms with E-state index < -0.39 is 29.5 Å². The van der Waals surface area contributed by atoms with E-state index in [1.807, 2.05) is 17.0 Å². The van der Waals surface area contributed by atoms with Crippen LogP contribution in [0, 0.1) is 5.82 Å². The van der Waals surface area contributed by atoms with E-state index in [0.717, 1.165) is 36.9 Å². The molecule has 1 amide bonds. The smallest absolute Gasteiger partial charge is 0.413 e. The number of carboxylic acid groups (broad SMARTS) is 1. The van der Waals surface area contributed by atoms with Crippen LogP contribution in [0.1, 0.15) is 55.3 Å². The SMILES string of the molecule is CCOC(=O)CC(c1ccc(OC)c(F)c1)C1(F)CN(CCCCc2ccc3c(n2)N(C(=O)O)CCC3)C1. The number of aromatic nitrogens is 1. The first kappa shape index (κ1) is 27.8. The molecule has 8 nitrogen and oxygen atoms in total. The van der Waals surface area contributed by atoms with Crippen molar-refractivity contribution < 1.29 is 33.0 Å². The second kappa shape index (κ2) is 12.1. The van der Waals surface area contributed by atoms with E-state index in [9.17, 15) is 19.1 Å². The molecule has 0 aliphatic carbocycles. The number of halogens is 2. The Hall–Kier alpha value is -3.27. The van der Waals surface area contributed by atoms with Gasteiger partial charge in [0, 0.05) is 31.2 Å². The molecular weight excluding hydrogens is 496 g/mol. The van der Waals surface area contributed by atoms with E-state index >= 15 is 4.39 Å². The number of anilines is 1. The second-order valence-corrected chi connectivity index (χ2v) is 9.98. The lowest BCUT2D eigenvalue weighted by atomic mass is 9.76. The van der Waals surface area contributed by atoms with Gasteiger partial charge in [0.25, 0.3) is 0 Å². The standard InChI is InChI=1S/C28H35F2N3O5/c1-3-38-25(34)16-22(20-10-12-24(37-2)23(29)15-20)28(30)17-32(18-28)13-5-4-8-21-11-9-19-7-6-14-33(27(35)36)26(19)31-21/h9-12,15,22H,3-8,13-14,16-18H2,1-2H3,(H,35,36). The summed E-state index contributed by atoms with van der Waals surface area (Å²) in [6, 6.07) is 8.21. The molecule has 2 aromatic rings. The van der Waals surface area contributed by atoms with Gasteiger partial charge < -0.3 is 14.6 Å². The molecule has 0 radical (unpaired) electrons. The van der Waals surface area contributed by atoms with Crippen LogP contribution >= 0.6 is 0 Å². The summed E-state index contributed by atoms with van der Waals surface area (Å²) in [5.74, 6) is -1.33. The molecule has 10 heteroatoms. The van der Waals surface area contributed by atoms with Crippen molar-refractivity contribution in [2.75, 3.05) is 44.8 Å². The van der Waals surface area contributed by atoms with E-state index in [1.54, 1.807) is 13.0 Å². The van der Waals surface area contributed by atoms with Gasteiger partial charge in [0.2, 0.25) is 0 Å². The predicted molar refractivity (Wildman–Crippen MR) is 138 cm³/mol. The lowest BCUT2D eigenvalue weighted by molar-refractivity contribution is -0.146. The number of unbranched alkanes of at least 4 members (excludes halogenated alkanes) is 1. The molecule has 1 fully saturated rings. The highest BCUT2D eigenvalue weighted by Crippen LogP contribution is 2.42. The quantitative estimate of drug-likeness (QED) is 0.331. The van der Waals surface area contributed by atoms with Crippen molar-refractivity contribution in [3.05, 3.63) is 53.0 Å². The van der Waals surface area contributed by atoms with Gasteiger partial charge >= 0.3 is 12.1 Å². The van der Waals surface area contributed by atoms with Crippen LogP contribution in [0.5, 0.6) is 5.75 Å². The number of fused-ring (bicyclic) bond motifs is 1. The minimum absolute atomic E-state index is 0.0656. The summed E-state index contributed by atoms with van der Waals surface area (Å²) < 4.78 is 40.4. The molecule has 0 bridgehead atoms. The summed E-state index contributed by atoms with van der Waals surface area (Å²) in [6.07, 6.45) is 2.81. The highest BCUT2D eigenvalue weighted by Gasteiger charge is 2.50. The Morgan fingerprint density at radius 3 is 2.68 bits per heavy atom. The maximum Gasteiger partial charge on any atom is 0.413 e. The van der Waals surface area contributed by atoms with Gasteiger partial charge in [-0.1, -0.05) is 12.1 Å². The number of hydrogen-bond acceptors (Lipinski definition) is 6. The Kier molecular flexibility index (Phi) is 8.81. The number of methoxy groups -OCH3 is 1. The molecule has 38 heavy (non-hydrogen) atoms. The number of benzene rings is 1. The highest BCUT2D eigenvalue weighted by molar-refractivity contribution is 5.86. The van der Waals surface area contributed by atoms with Crippen LogP contribution in [-0.4, -0.2) is 72.6 Å². The maximum atomic E-state index is 16.0. The van der Waals surface area contributed by atoms with Gasteiger partial charge in [-0.2, -0.15) is 0 Å². The number of carbonyl (C=O) groups is 2. The molecule has 1 aromatic heterocycles. The zero-order valence-corrected chi connectivity index (χ0v) is 21.9. The molecule has 1 atom stereocenters. The monoisotopic (exact) mass is 531 g/mol. The fourth-order valence-electron chi connectivity index (χ4n) is 5.41. The number of rotatable bonds is 11. The predicted octanol–water partition coefficient (Wildman–Crippen LogP) is 4.74. The lowest BCUT2D eigenvalue weighted by Crippen LogP contribution is -2.62. The van der Waals surface area contributed by atoms with Gasteiger partial charge in [-0.15, -0.1) is 0 Å². The Balaban J connectivity index is 1.32. The number of esters is 1. The van der Waals surface area contributed by atoms with Gasteiger partial charge in [0.1, 0.15) is 11.5 Å². The highest BCUT2D eigenvalue weighted by atomic mass is 19.1. The largest absolute Gasteiger partial charge is 0.494 e. The summed E-state index contributed by atoms with van der Waals surface area (Å²) in [6.45, 7) is 3.32. The van der Waals surface area contributed by atoms with Crippen LogP contribution in [0.15, 0.2) is 30.3 Å². The first-order valence-corrected chi connectivity index (χ1v) is 13.1. The van der Waals surface area contributed by atoms with Crippen LogP contribution in [0.2, 0.25) is 0 Å². The molecule has 4 rings (SSSR count). The van der Waals surface area contributed by atoms with Gasteiger partial charge in [0.15, 0.2) is 11.6 Å². The average molecular weight is 532 g/mol. The molecule has 3 heterocycles. The van der Waals surface area contributed by atoms with Crippen LogP contribution in [-0.2, 0) is 22.4 Å². The van der Waals surface area contributed by atoms with Crippen LogP contribution in [0.3, 0.4) is 0 Å². The number of pyridine rings is 1. The Morgan fingerprint density at radius 1 is 1.21 bits per heavy atom. The van der Waals surface area contributed by atoms with Crippen molar-refractivity contribution in [2.45, 2.75) is 57.0 Å². The third-order valence-corrected chi connectivity index (χ3v) is 7.34. The number of carbonyl (C=O) groups excluding carboxylic acids is 1.